The van der Waals surface area contributed by atoms with Gasteiger partial charge in [0.2, 0.25) is 0 Å². The molecule has 0 heterocycles. The van der Waals surface area contributed by atoms with Crippen molar-refractivity contribution >= 4 is 5.78 Å². The Balaban J connectivity index is 3.11. The van der Waals surface area contributed by atoms with Gasteiger partial charge in [-0.2, -0.15) is 0 Å². The van der Waals surface area contributed by atoms with Crippen LogP contribution in [0.15, 0.2) is 0 Å². The first-order valence-corrected chi connectivity index (χ1v) is 10.0. The highest BCUT2D eigenvalue weighted by Gasteiger charge is 2.01. The lowest BCUT2D eigenvalue weighted by Gasteiger charge is -2.04. The molecule has 0 aromatic rings. The zero-order valence-corrected chi connectivity index (χ0v) is 15.5. The summed E-state index contributed by atoms with van der Waals surface area (Å²) in [6.07, 6.45) is 17.5. The standard InChI is InChI=1S/C20H40O3/c1-2-3-4-5-9-12-15-20(22)16-13-10-7-6-8-11-14-18-23-19-17-21/h21H,2-19H2,1H3. The second kappa shape index (κ2) is 19.6. The van der Waals surface area contributed by atoms with Crippen LogP contribution in [0.5, 0.6) is 0 Å². The molecule has 0 aromatic carbocycles. The van der Waals surface area contributed by atoms with Crippen LogP contribution in [0, 0.1) is 0 Å². The minimum Gasteiger partial charge on any atom is -0.394 e. The van der Waals surface area contributed by atoms with E-state index in [0.717, 1.165) is 38.7 Å². The third-order valence-electron chi connectivity index (χ3n) is 4.29. The lowest BCUT2D eigenvalue weighted by atomic mass is 10.0. The van der Waals surface area contributed by atoms with Gasteiger partial charge < -0.3 is 9.84 Å². The van der Waals surface area contributed by atoms with Gasteiger partial charge in [-0.25, -0.2) is 0 Å². The van der Waals surface area contributed by atoms with Gasteiger partial charge in [-0.1, -0.05) is 71.1 Å². The summed E-state index contributed by atoms with van der Waals surface area (Å²) in [5, 5.41) is 8.57. The molecular formula is C20H40O3. The highest BCUT2D eigenvalue weighted by molar-refractivity contribution is 5.78. The van der Waals surface area contributed by atoms with Gasteiger partial charge in [0.1, 0.15) is 5.78 Å². The van der Waals surface area contributed by atoms with E-state index in [1.165, 1.54) is 64.2 Å². The van der Waals surface area contributed by atoms with E-state index in [4.69, 9.17) is 9.84 Å². The van der Waals surface area contributed by atoms with Crippen molar-refractivity contribution < 1.29 is 14.6 Å². The molecule has 0 aliphatic carbocycles. The monoisotopic (exact) mass is 328 g/mol. The molecule has 0 amide bonds. The summed E-state index contributed by atoms with van der Waals surface area (Å²) in [7, 11) is 0. The number of aliphatic hydroxyl groups is 1. The van der Waals surface area contributed by atoms with Crippen molar-refractivity contribution in [3.63, 3.8) is 0 Å². The van der Waals surface area contributed by atoms with Gasteiger partial charge in [0.05, 0.1) is 13.2 Å². The molecule has 0 saturated carbocycles. The van der Waals surface area contributed by atoms with E-state index < -0.39 is 0 Å². The van der Waals surface area contributed by atoms with Crippen molar-refractivity contribution in [2.75, 3.05) is 19.8 Å². The summed E-state index contributed by atoms with van der Waals surface area (Å²) in [5.74, 6) is 0.474. The van der Waals surface area contributed by atoms with Crippen LogP contribution in [0.3, 0.4) is 0 Å². The van der Waals surface area contributed by atoms with Crippen molar-refractivity contribution in [1.82, 2.24) is 0 Å². The van der Waals surface area contributed by atoms with Crippen LogP contribution in [0.25, 0.3) is 0 Å². The van der Waals surface area contributed by atoms with Crippen LogP contribution in [0.4, 0.5) is 0 Å². The normalized spacial score (nSPS) is 11.0. The number of aliphatic hydroxyl groups excluding tert-OH is 1. The van der Waals surface area contributed by atoms with Gasteiger partial charge in [-0.15, -0.1) is 0 Å². The molecule has 0 aromatic heterocycles. The third kappa shape index (κ3) is 19.5. The van der Waals surface area contributed by atoms with Gasteiger partial charge in [-0.3, -0.25) is 4.79 Å². The molecule has 3 nitrogen and oxygen atoms in total. The number of carbonyl (C=O) groups excluding carboxylic acids is 1. The molecular weight excluding hydrogens is 288 g/mol. The Labute approximate surface area is 144 Å². The van der Waals surface area contributed by atoms with Gasteiger partial charge >= 0.3 is 0 Å². The minimum atomic E-state index is 0.123. The van der Waals surface area contributed by atoms with E-state index in [9.17, 15) is 4.79 Å². The number of carbonyl (C=O) groups is 1. The molecule has 0 aliphatic rings. The van der Waals surface area contributed by atoms with E-state index in [0.29, 0.717) is 12.4 Å². The van der Waals surface area contributed by atoms with Crippen molar-refractivity contribution in [2.24, 2.45) is 0 Å². The summed E-state index contributed by atoms with van der Waals surface area (Å²) in [6.45, 7) is 3.59. The highest BCUT2D eigenvalue weighted by atomic mass is 16.5. The summed E-state index contributed by atoms with van der Waals surface area (Å²) in [5.41, 5.74) is 0. The lowest BCUT2D eigenvalue weighted by molar-refractivity contribution is -0.119. The van der Waals surface area contributed by atoms with Crippen LogP contribution >= 0.6 is 0 Å². The van der Waals surface area contributed by atoms with Crippen LogP contribution in [0.2, 0.25) is 0 Å². The molecule has 138 valence electrons. The Bertz CT molecular complexity index is 241. The van der Waals surface area contributed by atoms with Gasteiger partial charge in [0.15, 0.2) is 0 Å². The molecule has 23 heavy (non-hydrogen) atoms. The third-order valence-corrected chi connectivity index (χ3v) is 4.29. The SMILES string of the molecule is CCCCCCCCC(=O)CCCCCCCCCOCCO. The molecule has 0 unspecified atom stereocenters. The van der Waals surface area contributed by atoms with Crippen LogP contribution in [0.1, 0.15) is 103 Å². The van der Waals surface area contributed by atoms with Crippen LogP contribution in [-0.4, -0.2) is 30.7 Å². The fraction of sp³-hybridized carbons (Fsp3) is 0.950. The topological polar surface area (TPSA) is 46.5 Å². The first kappa shape index (κ1) is 22.6. The molecule has 0 bridgehead atoms. The van der Waals surface area contributed by atoms with Crippen LogP contribution in [-0.2, 0) is 9.53 Å². The molecule has 0 fully saturated rings. The Kier molecular flexibility index (Phi) is 19.3. The summed E-state index contributed by atoms with van der Waals surface area (Å²) in [6, 6.07) is 0. The average Bonchev–Trinajstić information content (AvgIpc) is 2.56. The predicted octanol–water partition coefficient (Wildman–Crippen LogP) is 5.44. The van der Waals surface area contributed by atoms with E-state index in [1.807, 2.05) is 0 Å². The molecule has 0 aliphatic heterocycles. The zero-order valence-electron chi connectivity index (χ0n) is 15.5. The van der Waals surface area contributed by atoms with E-state index in [-0.39, 0.29) is 6.61 Å². The van der Waals surface area contributed by atoms with Gasteiger partial charge in [0.25, 0.3) is 0 Å². The summed E-state index contributed by atoms with van der Waals surface area (Å²) < 4.78 is 5.23. The smallest absolute Gasteiger partial charge is 0.132 e. The minimum absolute atomic E-state index is 0.123. The predicted molar refractivity (Wildman–Crippen MR) is 97.8 cm³/mol. The highest BCUT2D eigenvalue weighted by Crippen LogP contribution is 2.12. The molecule has 3 heteroatoms. The van der Waals surface area contributed by atoms with Gasteiger partial charge in [-0.05, 0) is 19.3 Å². The number of Topliss-reactive ketones (excluding diaryl/α,β-unsaturated/α-hetero) is 1. The molecule has 0 saturated heterocycles. The molecule has 0 spiro atoms. The van der Waals surface area contributed by atoms with Crippen molar-refractivity contribution in [3.8, 4) is 0 Å². The number of hydrogen-bond acceptors (Lipinski definition) is 3. The second-order valence-electron chi connectivity index (χ2n) is 6.62. The maximum absolute atomic E-state index is 11.8. The van der Waals surface area contributed by atoms with E-state index >= 15 is 0 Å². The Morgan fingerprint density at radius 3 is 1.70 bits per heavy atom. The Morgan fingerprint density at radius 2 is 1.17 bits per heavy atom. The van der Waals surface area contributed by atoms with Crippen molar-refractivity contribution in [1.29, 1.82) is 0 Å². The lowest BCUT2D eigenvalue weighted by Crippen LogP contribution is -2.00. The van der Waals surface area contributed by atoms with E-state index in [2.05, 4.69) is 6.92 Å². The fourth-order valence-electron chi connectivity index (χ4n) is 2.80. The largest absolute Gasteiger partial charge is 0.394 e. The number of rotatable bonds is 19. The Morgan fingerprint density at radius 1 is 0.696 bits per heavy atom. The van der Waals surface area contributed by atoms with Crippen molar-refractivity contribution in [3.05, 3.63) is 0 Å². The summed E-state index contributed by atoms with van der Waals surface area (Å²) >= 11 is 0. The number of hydrogen-bond donors (Lipinski definition) is 1. The maximum atomic E-state index is 11.8. The van der Waals surface area contributed by atoms with Crippen molar-refractivity contribution in [2.45, 2.75) is 103 Å². The zero-order chi connectivity index (χ0) is 17.0. The summed E-state index contributed by atoms with van der Waals surface area (Å²) in [4.78, 5) is 11.8. The number of ether oxygens (including phenoxy) is 1. The Hall–Kier alpha value is -0.410. The number of unbranched alkanes of at least 4 members (excludes halogenated alkanes) is 11. The van der Waals surface area contributed by atoms with Crippen LogP contribution < -0.4 is 0 Å². The first-order chi connectivity index (χ1) is 11.3. The maximum Gasteiger partial charge on any atom is 0.132 e. The van der Waals surface area contributed by atoms with Gasteiger partial charge in [0, 0.05) is 19.4 Å². The van der Waals surface area contributed by atoms with E-state index in [1.54, 1.807) is 0 Å². The molecule has 0 atom stereocenters. The quantitative estimate of drug-likeness (QED) is 0.321. The number of ketones is 1. The fourth-order valence-corrected chi connectivity index (χ4v) is 2.80. The molecule has 0 rings (SSSR count). The molecule has 1 N–H and O–H groups in total. The first-order valence-electron chi connectivity index (χ1n) is 10.0. The average molecular weight is 329 g/mol. The second-order valence-corrected chi connectivity index (χ2v) is 6.62. The molecule has 0 radical (unpaired) electrons.